The van der Waals surface area contributed by atoms with E-state index >= 15 is 0 Å². The van der Waals surface area contributed by atoms with Gasteiger partial charge in [-0.3, -0.25) is 4.98 Å². The van der Waals surface area contributed by atoms with Crippen molar-refractivity contribution in [3.63, 3.8) is 0 Å². The lowest BCUT2D eigenvalue weighted by Gasteiger charge is -2.20. The number of rotatable bonds is 4. The van der Waals surface area contributed by atoms with Gasteiger partial charge in [0, 0.05) is 39.4 Å². The average Bonchev–Trinajstić information content (AvgIpc) is 3.09. The monoisotopic (exact) mass is 540 g/mol. The first-order chi connectivity index (χ1) is 18.4. The van der Waals surface area contributed by atoms with Crippen molar-refractivity contribution >= 4 is 74.5 Å². The fourth-order valence-corrected chi connectivity index (χ4v) is 4.83. The molecular formula is C28H22Cl2N8. The second-order valence-corrected chi connectivity index (χ2v) is 9.77. The van der Waals surface area contributed by atoms with Crippen LogP contribution in [-0.2, 0) is 0 Å². The molecule has 3 aromatic carbocycles. The van der Waals surface area contributed by atoms with E-state index in [1.54, 1.807) is 6.20 Å². The van der Waals surface area contributed by atoms with Crippen molar-refractivity contribution in [1.82, 2.24) is 15.0 Å². The van der Waals surface area contributed by atoms with Crippen LogP contribution in [0.3, 0.4) is 0 Å². The van der Waals surface area contributed by atoms with Gasteiger partial charge in [0.15, 0.2) is 11.6 Å². The van der Waals surface area contributed by atoms with Crippen molar-refractivity contribution in [2.24, 2.45) is 4.99 Å². The Balaban J connectivity index is 1.38. The van der Waals surface area contributed by atoms with E-state index in [1.807, 2.05) is 60.7 Å². The van der Waals surface area contributed by atoms with Gasteiger partial charge in [0.2, 0.25) is 5.95 Å². The fourth-order valence-electron chi connectivity index (χ4n) is 4.54. The van der Waals surface area contributed by atoms with E-state index in [1.165, 1.54) is 0 Å². The minimum atomic E-state index is -0.172. The number of hydrogen-bond donors (Lipinski definition) is 4. The lowest BCUT2D eigenvalue weighted by Crippen LogP contribution is -2.15. The van der Waals surface area contributed by atoms with Crippen LogP contribution in [-0.4, -0.2) is 20.7 Å². The molecule has 6 N–H and O–H groups in total. The van der Waals surface area contributed by atoms with Gasteiger partial charge in [-0.25, -0.2) is 4.99 Å². The van der Waals surface area contributed by atoms with Crippen molar-refractivity contribution < 1.29 is 0 Å². The summed E-state index contributed by atoms with van der Waals surface area (Å²) in [5.41, 5.74) is 18.0. The molecule has 1 atom stereocenters. The molecule has 2 aromatic heterocycles. The maximum Gasteiger partial charge on any atom is 0.224 e. The molecule has 38 heavy (non-hydrogen) atoms. The highest BCUT2D eigenvalue weighted by Gasteiger charge is 2.24. The van der Waals surface area contributed by atoms with Gasteiger partial charge in [0.1, 0.15) is 5.69 Å². The van der Waals surface area contributed by atoms with E-state index in [4.69, 9.17) is 39.7 Å². The highest BCUT2D eigenvalue weighted by molar-refractivity contribution is 6.31. The molecule has 0 fully saturated rings. The number of benzene rings is 3. The highest BCUT2D eigenvalue weighted by Crippen LogP contribution is 2.38. The zero-order valence-electron chi connectivity index (χ0n) is 20.0. The summed E-state index contributed by atoms with van der Waals surface area (Å²) in [5.74, 6) is 0.782. The summed E-state index contributed by atoms with van der Waals surface area (Å²) in [4.78, 5) is 17.8. The van der Waals surface area contributed by atoms with Crippen molar-refractivity contribution in [2.45, 2.75) is 12.5 Å². The number of nitrogens with one attached hydrogen (secondary N) is 2. The number of nitrogen functional groups attached to an aromatic ring is 2. The molecule has 1 aliphatic rings. The third kappa shape index (κ3) is 4.79. The molecule has 0 aliphatic carbocycles. The van der Waals surface area contributed by atoms with Gasteiger partial charge in [-0.05, 0) is 59.7 Å². The largest absolute Gasteiger partial charge is 0.382 e. The zero-order chi connectivity index (χ0) is 26.2. The number of aromatic nitrogens is 3. The summed E-state index contributed by atoms with van der Waals surface area (Å²) < 4.78 is 0. The van der Waals surface area contributed by atoms with E-state index in [-0.39, 0.29) is 17.8 Å². The van der Waals surface area contributed by atoms with Gasteiger partial charge in [-0.1, -0.05) is 47.5 Å². The van der Waals surface area contributed by atoms with Crippen LogP contribution in [0.1, 0.15) is 23.6 Å². The Morgan fingerprint density at radius 3 is 2.55 bits per heavy atom. The maximum absolute atomic E-state index is 6.20. The molecule has 5 aromatic rings. The minimum Gasteiger partial charge on any atom is -0.382 e. The van der Waals surface area contributed by atoms with Crippen molar-refractivity contribution in [2.75, 3.05) is 22.1 Å². The molecule has 0 saturated carbocycles. The Hall–Kier alpha value is -4.40. The average molecular weight is 541 g/mol. The summed E-state index contributed by atoms with van der Waals surface area (Å²) in [7, 11) is 0. The second-order valence-electron chi connectivity index (χ2n) is 8.90. The quantitative estimate of drug-likeness (QED) is 0.195. The van der Waals surface area contributed by atoms with Gasteiger partial charge in [0.05, 0.1) is 17.3 Å². The predicted molar refractivity (Wildman–Crippen MR) is 156 cm³/mol. The lowest BCUT2D eigenvalue weighted by atomic mass is 9.97. The van der Waals surface area contributed by atoms with Gasteiger partial charge in [-0.15, -0.1) is 0 Å². The SMILES string of the molecule is Nc1nc(N)c2c(n1)NC(c1cccc(Nc3ccnc4cc(Cl)ccc34)c1)CC(c1ccc(Cl)cc1)=N2. The molecule has 8 nitrogen and oxygen atoms in total. The summed E-state index contributed by atoms with van der Waals surface area (Å²) in [5, 5.41) is 9.29. The van der Waals surface area contributed by atoms with Crippen LogP contribution in [0.4, 0.5) is 34.6 Å². The van der Waals surface area contributed by atoms with E-state index < -0.39 is 0 Å². The lowest BCUT2D eigenvalue weighted by molar-refractivity contribution is 0.822. The van der Waals surface area contributed by atoms with Crippen LogP contribution in [0, 0.1) is 0 Å². The van der Waals surface area contributed by atoms with E-state index in [9.17, 15) is 0 Å². The Morgan fingerprint density at radius 1 is 0.895 bits per heavy atom. The van der Waals surface area contributed by atoms with Gasteiger partial charge in [-0.2, -0.15) is 9.97 Å². The molecule has 0 saturated heterocycles. The molecule has 0 amide bonds. The van der Waals surface area contributed by atoms with Crippen LogP contribution in [0.25, 0.3) is 10.9 Å². The Bertz CT molecular complexity index is 1700. The fraction of sp³-hybridized carbons (Fsp3) is 0.0714. The first-order valence-corrected chi connectivity index (χ1v) is 12.6. The van der Waals surface area contributed by atoms with E-state index in [0.29, 0.717) is 28.0 Å². The number of nitrogens with zero attached hydrogens (tertiary/aromatic N) is 4. The van der Waals surface area contributed by atoms with Crippen molar-refractivity contribution in [3.05, 3.63) is 100 Å². The molecule has 0 bridgehead atoms. The molecular weight excluding hydrogens is 519 g/mol. The summed E-state index contributed by atoms with van der Waals surface area (Å²) in [6, 6.07) is 23.2. The van der Waals surface area contributed by atoms with Crippen LogP contribution in [0.15, 0.2) is 84.0 Å². The molecule has 10 heteroatoms. The Morgan fingerprint density at radius 2 is 1.71 bits per heavy atom. The third-order valence-corrected chi connectivity index (χ3v) is 6.82. The van der Waals surface area contributed by atoms with Gasteiger partial charge < -0.3 is 22.1 Å². The van der Waals surface area contributed by atoms with Crippen LogP contribution in [0.5, 0.6) is 0 Å². The van der Waals surface area contributed by atoms with Crippen molar-refractivity contribution in [1.29, 1.82) is 0 Å². The predicted octanol–water partition coefficient (Wildman–Crippen LogP) is 6.92. The first-order valence-electron chi connectivity index (χ1n) is 11.9. The normalized spacial score (nSPS) is 14.8. The van der Waals surface area contributed by atoms with E-state index in [2.05, 4.69) is 37.7 Å². The number of nitrogens with two attached hydrogens (primary N) is 2. The van der Waals surface area contributed by atoms with Crippen LogP contribution in [0.2, 0.25) is 10.0 Å². The maximum atomic E-state index is 6.20. The molecule has 0 radical (unpaired) electrons. The van der Waals surface area contributed by atoms with Gasteiger partial charge >= 0.3 is 0 Å². The number of aliphatic imine (C=N–C) groups is 1. The Kier molecular flexibility index (Phi) is 6.19. The number of hydrogen-bond acceptors (Lipinski definition) is 8. The second kappa shape index (κ2) is 9.81. The number of anilines is 5. The van der Waals surface area contributed by atoms with Gasteiger partial charge in [0.25, 0.3) is 0 Å². The number of halogens is 2. The minimum absolute atomic E-state index is 0.0812. The molecule has 1 aliphatic heterocycles. The summed E-state index contributed by atoms with van der Waals surface area (Å²) >= 11 is 12.3. The molecule has 0 spiro atoms. The van der Waals surface area contributed by atoms with Crippen LogP contribution >= 0.6 is 23.2 Å². The first kappa shape index (κ1) is 24.0. The van der Waals surface area contributed by atoms with Crippen molar-refractivity contribution in [3.8, 4) is 0 Å². The number of pyridine rings is 1. The highest BCUT2D eigenvalue weighted by atomic mass is 35.5. The summed E-state index contributed by atoms with van der Waals surface area (Å²) in [6.07, 6.45) is 2.33. The topological polar surface area (TPSA) is 127 Å². The number of fused-ring (bicyclic) bond motifs is 2. The molecule has 3 heterocycles. The van der Waals surface area contributed by atoms with Crippen LogP contribution < -0.4 is 22.1 Å². The standard InChI is InChI=1S/C28H22Cl2N8/c29-17-6-4-15(5-7-17)22-14-23(36-27-25(35-22)26(31)37-28(32)38-27)16-2-1-3-19(12-16)34-21-10-11-33-24-13-18(30)8-9-20(21)24/h1-13,23H,14H2,(H,33,34)(H5,31,32,36,37,38). The van der Waals surface area contributed by atoms with E-state index in [0.717, 1.165) is 39.1 Å². The molecule has 1 unspecified atom stereocenters. The Labute approximate surface area is 228 Å². The molecule has 6 rings (SSSR count). The third-order valence-electron chi connectivity index (χ3n) is 6.33. The zero-order valence-corrected chi connectivity index (χ0v) is 21.5. The summed E-state index contributed by atoms with van der Waals surface area (Å²) in [6.45, 7) is 0. The molecule has 188 valence electrons. The smallest absolute Gasteiger partial charge is 0.224 e.